The molecule has 2 rings (SSSR count). The van der Waals surface area contributed by atoms with Crippen LogP contribution in [0, 0.1) is 10.1 Å². The second-order valence-corrected chi connectivity index (χ2v) is 6.62. The van der Waals surface area contributed by atoms with Gasteiger partial charge in [0.05, 0.1) is 18.1 Å². The normalized spacial score (nSPS) is 10.3. The summed E-state index contributed by atoms with van der Waals surface area (Å²) in [5.74, 6) is 1.24. The van der Waals surface area contributed by atoms with Gasteiger partial charge in [-0.2, -0.15) is 0 Å². The van der Waals surface area contributed by atoms with Gasteiger partial charge in [-0.15, -0.1) is 23.2 Å². The third kappa shape index (κ3) is 6.69. The third-order valence-corrected chi connectivity index (χ3v) is 4.37. The van der Waals surface area contributed by atoms with Gasteiger partial charge < -0.3 is 14.4 Å². The van der Waals surface area contributed by atoms with E-state index in [1.165, 1.54) is 25.3 Å². The van der Waals surface area contributed by atoms with E-state index in [1.807, 2.05) is 17.0 Å². The van der Waals surface area contributed by atoms with Crippen LogP contribution in [0.25, 0.3) is 0 Å². The number of hydrogen-bond donors (Lipinski definition) is 1. The zero-order valence-electron chi connectivity index (χ0n) is 15.8. The quantitative estimate of drug-likeness (QED) is 0.328. The maximum Gasteiger partial charge on any atom is 0.411 e. The molecule has 0 aliphatic carbocycles. The number of methoxy groups -OCH3 is 1. The first-order valence-electron chi connectivity index (χ1n) is 8.70. The molecule has 0 aliphatic rings. The Morgan fingerprint density at radius 3 is 2.34 bits per heavy atom. The molecule has 0 bridgehead atoms. The van der Waals surface area contributed by atoms with E-state index in [0.29, 0.717) is 36.1 Å². The Morgan fingerprint density at radius 2 is 1.79 bits per heavy atom. The van der Waals surface area contributed by atoms with Crippen LogP contribution in [0.5, 0.6) is 5.75 Å². The standard InChI is InChI=1S/C19H21Cl2N3O5/c1-28-18-12-17(24(26)27)5-2-14(18)13-29-19(25)22-15-3-6-16(7-4-15)23(10-8-20)11-9-21/h2-7,12H,8-11,13H2,1H3,(H,22,25). The van der Waals surface area contributed by atoms with Gasteiger partial charge in [0.1, 0.15) is 12.4 Å². The van der Waals surface area contributed by atoms with Crippen LogP contribution in [0.3, 0.4) is 0 Å². The molecule has 0 aliphatic heterocycles. The molecule has 0 radical (unpaired) electrons. The number of amides is 1. The Morgan fingerprint density at radius 1 is 1.14 bits per heavy atom. The van der Waals surface area contributed by atoms with E-state index in [4.69, 9.17) is 32.7 Å². The molecule has 156 valence electrons. The summed E-state index contributed by atoms with van der Waals surface area (Å²) in [5, 5.41) is 13.5. The number of nitro benzene ring substituents is 1. The van der Waals surface area contributed by atoms with Crippen molar-refractivity contribution in [2.24, 2.45) is 0 Å². The first kappa shape index (κ1) is 22.6. The van der Waals surface area contributed by atoms with Gasteiger partial charge >= 0.3 is 6.09 Å². The lowest BCUT2D eigenvalue weighted by molar-refractivity contribution is -0.384. The maximum atomic E-state index is 12.1. The molecule has 1 N–H and O–H groups in total. The molecule has 2 aromatic rings. The van der Waals surface area contributed by atoms with Crippen LogP contribution >= 0.6 is 23.2 Å². The summed E-state index contributed by atoms with van der Waals surface area (Å²) in [6, 6.07) is 11.3. The zero-order chi connectivity index (χ0) is 21.2. The number of rotatable bonds is 10. The maximum absolute atomic E-state index is 12.1. The SMILES string of the molecule is COc1cc([N+](=O)[O-])ccc1COC(=O)Nc1ccc(N(CCCl)CCCl)cc1. The average Bonchev–Trinajstić information content (AvgIpc) is 2.72. The molecular formula is C19H21Cl2N3O5. The van der Waals surface area contributed by atoms with Crippen LogP contribution in [0.4, 0.5) is 21.9 Å². The minimum Gasteiger partial charge on any atom is -0.496 e. The zero-order valence-corrected chi connectivity index (χ0v) is 17.3. The summed E-state index contributed by atoms with van der Waals surface area (Å²) in [7, 11) is 1.39. The van der Waals surface area contributed by atoms with Crippen molar-refractivity contribution in [3.05, 3.63) is 58.1 Å². The Labute approximate surface area is 178 Å². The molecule has 8 nitrogen and oxygen atoms in total. The summed E-state index contributed by atoms with van der Waals surface area (Å²) < 4.78 is 10.3. The molecule has 0 atom stereocenters. The Hall–Kier alpha value is -2.71. The summed E-state index contributed by atoms with van der Waals surface area (Å²) >= 11 is 11.6. The summed E-state index contributed by atoms with van der Waals surface area (Å²) in [4.78, 5) is 24.4. The van der Waals surface area contributed by atoms with Crippen molar-refractivity contribution in [1.82, 2.24) is 0 Å². The van der Waals surface area contributed by atoms with Crippen LogP contribution in [0.15, 0.2) is 42.5 Å². The van der Waals surface area contributed by atoms with Crippen molar-refractivity contribution >= 4 is 46.4 Å². The van der Waals surface area contributed by atoms with Crippen molar-refractivity contribution in [3.63, 3.8) is 0 Å². The van der Waals surface area contributed by atoms with E-state index < -0.39 is 11.0 Å². The number of non-ortho nitro benzene ring substituents is 1. The van der Waals surface area contributed by atoms with Gasteiger partial charge in [0.2, 0.25) is 0 Å². The molecule has 0 saturated carbocycles. The first-order chi connectivity index (χ1) is 14.0. The van der Waals surface area contributed by atoms with Crippen molar-refractivity contribution in [2.75, 3.05) is 42.2 Å². The van der Waals surface area contributed by atoms with Gasteiger partial charge in [0.15, 0.2) is 0 Å². The minimum atomic E-state index is -0.656. The number of benzene rings is 2. The van der Waals surface area contributed by atoms with Gasteiger partial charge in [0, 0.05) is 47.9 Å². The van der Waals surface area contributed by atoms with Crippen molar-refractivity contribution in [1.29, 1.82) is 0 Å². The van der Waals surface area contributed by atoms with E-state index in [0.717, 1.165) is 5.69 Å². The second kappa shape index (κ2) is 11.3. The van der Waals surface area contributed by atoms with Gasteiger partial charge in [-0.1, -0.05) is 0 Å². The molecular weight excluding hydrogens is 421 g/mol. The molecule has 0 unspecified atom stereocenters. The van der Waals surface area contributed by atoms with Gasteiger partial charge in [-0.05, 0) is 30.3 Å². The van der Waals surface area contributed by atoms with Crippen LogP contribution in [0.1, 0.15) is 5.56 Å². The minimum absolute atomic E-state index is 0.0929. The average molecular weight is 442 g/mol. The van der Waals surface area contributed by atoms with Crippen LogP contribution in [-0.2, 0) is 11.3 Å². The highest BCUT2D eigenvalue weighted by Crippen LogP contribution is 2.25. The molecule has 10 heteroatoms. The predicted molar refractivity (Wildman–Crippen MR) is 114 cm³/mol. The molecule has 0 spiro atoms. The molecule has 29 heavy (non-hydrogen) atoms. The number of nitrogens with one attached hydrogen (secondary N) is 1. The van der Waals surface area contributed by atoms with Gasteiger partial charge in [-0.25, -0.2) is 4.79 Å². The van der Waals surface area contributed by atoms with Crippen LogP contribution in [-0.4, -0.2) is 43.0 Å². The molecule has 0 aromatic heterocycles. The summed E-state index contributed by atoms with van der Waals surface area (Å²) in [6.45, 7) is 1.24. The fraction of sp³-hybridized carbons (Fsp3) is 0.316. The first-order valence-corrected chi connectivity index (χ1v) is 9.77. The highest BCUT2D eigenvalue weighted by atomic mass is 35.5. The summed E-state index contributed by atoms with van der Waals surface area (Å²) in [6.07, 6.45) is -0.656. The predicted octanol–water partition coefficient (Wildman–Crippen LogP) is 4.64. The van der Waals surface area contributed by atoms with E-state index >= 15 is 0 Å². The Kier molecular flexibility index (Phi) is 8.82. The number of hydrogen-bond acceptors (Lipinski definition) is 6. The van der Waals surface area contributed by atoms with Gasteiger partial charge in [0.25, 0.3) is 5.69 Å². The topological polar surface area (TPSA) is 93.9 Å². The number of ether oxygens (including phenoxy) is 2. The lowest BCUT2D eigenvalue weighted by Crippen LogP contribution is -2.27. The van der Waals surface area contributed by atoms with E-state index in [-0.39, 0.29) is 18.0 Å². The number of carbonyl (C=O) groups is 1. The number of anilines is 2. The smallest absolute Gasteiger partial charge is 0.411 e. The fourth-order valence-electron chi connectivity index (χ4n) is 2.59. The van der Waals surface area contributed by atoms with Crippen LogP contribution in [0.2, 0.25) is 0 Å². The molecule has 0 fully saturated rings. The number of nitro groups is 1. The molecule has 1 amide bonds. The van der Waals surface area contributed by atoms with E-state index in [9.17, 15) is 14.9 Å². The van der Waals surface area contributed by atoms with E-state index in [1.54, 1.807) is 12.1 Å². The van der Waals surface area contributed by atoms with Gasteiger partial charge in [-0.3, -0.25) is 15.4 Å². The Bertz CT molecular complexity index is 827. The van der Waals surface area contributed by atoms with Crippen molar-refractivity contribution in [2.45, 2.75) is 6.61 Å². The molecule has 0 heterocycles. The second-order valence-electron chi connectivity index (χ2n) is 5.87. The lowest BCUT2D eigenvalue weighted by Gasteiger charge is -2.23. The number of alkyl halides is 2. The van der Waals surface area contributed by atoms with E-state index in [2.05, 4.69) is 5.32 Å². The largest absolute Gasteiger partial charge is 0.496 e. The van der Waals surface area contributed by atoms with Crippen LogP contribution < -0.4 is 15.0 Å². The fourth-order valence-corrected chi connectivity index (χ4v) is 3.00. The third-order valence-electron chi connectivity index (χ3n) is 4.03. The Balaban J connectivity index is 1.95. The van der Waals surface area contributed by atoms with Crippen molar-refractivity contribution in [3.8, 4) is 5.75 Å². The molecule has 0 saturated heterocycles. The number of halogens is 2. The highest BCUT2D eigenvalue weighted by Gasteiger charge is 2.13. The lowest BCUT2D eigenvalue weighted by atomic mass is 10.2. The number of nitrogens with zero attached hydrogens (tertiary/aromatic N) is 2. The highest BCUT2D eigenvalue weighted by molar-refractivity contribution is 6.18. The summed E-state index contributed by atoms with van der Waals surface area (Å²) in [5.41, 5.74) is 1.92. The monoisotopic (exact) mass is 441 g/mol. The van der Waals surface area contributed by atoms with Crippen molar-refractivity contribution < 1.29 is 19.2 Å². The number of carbonyl (C=O) groups excluding carboxylic acids is 1. The molecule has 2 aromatic carbocycles.